The van der Waals surface area contributed by atoms with Gasteiger partial charge in [-0.25, -0.2) is 0 Å². The lowest BCUT2D eigenvalue weighted by Gasteiger charge is -2.36. The molecule has 4 heterocycles. The van der Waals surface area contributed by atoms with E-state index in [9.17, 15) is 4.79 Å². The number of furan rings is 1. The number of piperazine rings is 1. The highest BCUT2D eigenvalue weighted by Crippen LogP contribution is 2.25. The maximum atomic E-state index is 12.8. The van der Waals surface area contributed by atoms with Crippen LogP contribution < -0.4 is 10.2 Å². The highest BCUT2D eigenvalue weighted by atomic mass is 127. The zero-order valence-corrected chi connectivity index (χ0v) is 21.3. The van der Waals surface area contributed by atoms with E-state index in [2.05, 4.69) is 22.2 Å². The summed E-state index contributed by atoms with van der Waals surface area (Å²) in [5, 5.41) is 7.56. The molecule has 0 bridgehead atoms. The summed E-state index contributed by atoms with van der Waals surface area (Å²) in [6.45, 7) is 7.19. The number of hydrogen-bond acceptors (Lipinski definition) is 5. The van der Waals surface area contributed by atoms with Crippen molar-refractivity contribution < 1.29 is 9.21 Å². The van der Waals surface area contributed by atoms with Gasteiger partial charge >= 0.3 is 0 Å². The van der Waals surface area contributed by atoms with Crippen LogP contribution in [0.15, 0.2) is 40.2 Å². The first kappa shape index (κ1) is 24.6. The summed E-state index contributed by atoms with van der Waals surface area (Å²) in [5.41, 5.74) is 0.845. The topological polar surface area (TPSA) is 82.1 Å². The summed E-state index contributed by atoms with van der Waals surface area (Å²) in [4.78, 5) is 24.1. The number of aryl methyl sites for hydroxylation is 1. The van der Waals surface area contributed by atoms with Crippen LogP contribution in [0.25, 0.3) is 0 Å². The largest absolute Gasteiger partial charge is 0.468 e. The molecule has 1 unspecified atom stereocenters. The monoisotopic (exact) mass is 555 g/mol. The van der Waals surface area contributed by atoms with Gasteiger partial charge in [0.1, 0.15) is 12.3 Å². The van der Waals surface area contributed by atoms with Crippen molar-refractivity contribution in [2.45, 2.75) is 32.2 Å². The third kappa shape index (κ3) is 5.83. The van der Waals surface area contributed by atoms with E-state index in [1.165, 1.54) is 19.3 Å². The first-order valence-electron chi connectivity index (χ1n) is 11.3. The lowest BCUT2D eigenvalue weighted by Crippen LogP contribution is -2.55. The Hall–Kier alpha value is -2.08. The van der Waals surface area contributed by atoms with Crippen molar-refractivity contribution in [3.8, 4) is 0 Å². The maximum absolute atomic E-state index is 12.8. The number of aliphatic imine (C=N–C) groups is 1. The standard InChI is InChI=1S/C22H33N7O2.HI/c1-3-23-22(28-11-12-29(21(30)17-28)18-14-25-26(2)16-18)24-15-19(20-8-7-13-31-20)27-9-5-4-6-10-27;/h7-8,13-14,16,19H,3-6,9-12,15,17H2,1-2H3,(H,23,24);1H. The molecule has 2 saturated heterocycles. The van der Waals surface area contributed by atoms with Crippen molar-refractivity contribution in [3.63, 3.8) is 0 Å². The van der Waals surface area contributed by atoms with Gasteiger partial charge < -0.3 is 19.5 Å². The van der Waals surface area contributed by atoms with E-state index >= 15 is 0 Å². The maximum Gasteiger partial charge on any atom is 0.246 e. The van der Waals surface area contributed by atoms with Crippen LogP contribution in [0.2, 0.25) is 0 Å². The number of halogens is 1. The number of carbonyl (C=O) groups is 1. The molecule has 2 fully saturated rings. The second-order valence-electron chi connectivity index (χ2n) is 8.16. The third-order valence-electron chi connectivity index (χ3n) is 5.98. The Labute approximate surface area is 206 Å². The molecule has 0 saturated carbocycles. The summed E-state index contributed by atoms with van der Waals surface area (Å²) >= 11 is 0. The molecule has 0 radical (unpaired) electrons. The molecule has 0 spiro atoms. The van der Waals surface area contributed by atoms with E-state index in [-0.39, 0.29) is 35.9 Å². The molecular formula is C22H34IN7O2. The normalized spacial score (nSPS) is 19.1. The van der Waals surface area contributed by atoms with Gasteiger partial charge in [0.05, 0.1) is 30.7 Å². The number of nitrogens with one attached hydrogen (secondary N) is 1. The number of anilines is 1. The van der Waals surface area contributed by atoms with Gasteiger partial charge in [0.15, 0.2) is 5.96 Å². The van der Waals surface area contributed by atoms with Gasteiger partial charge in [0.25, 0.3) is 0 Å². The van der Waals surface area contributed by atoms with Crippen LogP contribution >= 0.6 is 24.0 Å². The second kappa shape index (κ2) is 11.7. The van der Waals surface area contributed by atoms with Crippen molar-refractivity contribution in [2.24, 2.45) is 12.0 Å². The van der Waals surface area contributed by atoms with Crippen LogP contribution in [0.4, 0.5) is 5.69 Å². The molecule has 10 heteroatoms. The van der Waals surface area contributed by atoms with Gasteiger partial charge in [-0.05, 0) is 45.0 Å². The molecule has 0 aromatic carbocycles. The molecule has 0 aliphatic carbocycles. The molecular weight excluding hydrogens is 521 g/mol. The first-order chi connectivity index (χ1) is 15.2. The van der Waals surface area contributed by atoms with E-state index < -0.39 is 0 Å². The minimum absolute atomic E-state index is 0. The molecule has 2 aromatic rings. The van der Waals surface area contributed by atoms with Gasteiger partial charge in [-0.15, -0.1) is 24.0 Å². The number of guanidine groups is 1. The lowest BCUT2D eigenvalue weighted by atomic mass is 10.1. The molecule has 4 rings (SSSR count). The highest BCUT2D eigenvalue weighted by molar-refractivity contribution is 14.0. The molecule has 32 heavy (non-hydrogen) atoms. The fraction of sp³-hybridized carbons (Fsp3) is 0.591. The van der Waals surface area contributed by atoms with Gasteiger partial charge in [-0.2, -0.15) is 5.10 Å². The Morgan fingerprint density at radius 3 is 2.69 bits per heavy atom. The smallest absolute Gasteiger partial charge is 0.246 e. The number of rotatable bonds is 6. The summed E-state index contributed by atoms with van der Waals surface area (Å²) in [6, 6.07) is 4.10. The molecule has 2 aromatic heterocycles. The zero-order valence-electron chi connectivity index (χ0n) is 18.9. The highest BCUT2D eigenvalue weighted by Gasteiger charge is 2.29. The molecule has 2 aliphatic rings. The number of piperidine rings is 1. The molecule has 1 amide bonds. The number of likely N-dealkylation sites (tertiary alicyclic amines) is 1. The fourth-order valence-corrected chi connectivity index (χ4v) is 4.37. The number of carbonyl (C=O) groups excluding carboxylic acids is 1. The molecule has 1 atom stereocenters. The van der Waals surface area contributed by atoms with Crippen LogP contribution in [-0.4, -0.2) is 77.3 Å². The number of aromatic nitrogens is 2. The average molecular weight is 555 g/mol. The van der Waals surface area contributed by atoms with Crippen LogP contribution in [0.1, 0.15) is 38.0 Å². The predicted octanol–water partition coefficient (Wildman–Crippen LogP) is 2.47. The Bertz CT molecular complexity index is 877. The zero-order chi connectivity index (χ0) is 21.6. The third-order valence-corrected chi connectivity index (χ3v) is 5.98. The number of nitrogens with zero attached hydrogens (tertiary/aromatic N) is 6. The van der Waals surface area contributed by atoms with E-state index in [0.717, 1.165) is 43.6 Å². The first-order valence-corrected chi connectivity index (χ1v) is 11.3. The van der Waals surface area contributed by atoms with E-state index in [1.54, 1.807) is 22.0 Å². The Kier molecular flexibility index (Phi) is 8.97. The molecule has 1 N–H and O–H groups in total. The molecule has 9 nitrogen and oxygen atoms in total. The summed E-state index contributed by atoms with van der Waals surface area (Å²) in [5.74, 6) is 1.80. The summed E-state index contributed by atoms with van der Waals surface area (Å²) in [7, 11) is 1.86. The van der Waals surface area contributed by atoms with Gasteiger partial charge in [0.2, 0.25) is 5.91 Å². The lowest BCUT2D eigenvalue weighted by molar-refractivity contribution is -0.120. The minimum Gasteiger partial charge on any atom is -0.468 e. The summed E-state index contributed by atoms with van der Waals surface area (Å²) in [6.07, 6.45) is 9.06. The van der Waals surface area contributed by atoms with Crippen LogP contribution in [-0.2, 0) is 11.8 Å². The van der Waals surface area contributed by atoms with Crippen molar-refractivity contribution >= 4 is 41.5 Å². The number of amides is 1. The minimum atomic E-state index is 0. The van der Waals surface area contributed by atoms with E-state index in [0.29, 0.717) is 19.6 Å². The van der Waals surface area contributed by atoms with Crippen molar-refractivity contribution in [2.75, 3.05) is 50.7 Å². The van der Waals surface area contributed by atoms with Crippen molar-refractivity contribution in [3.05, 3.63) is 36.5 Å². The number of hydrogen-bond donors (Lipinski definition) is 1. The molecule has 176 valence electrons. The van der Waals surface area contributed by atoms with Gasteiger partial charge in [-0.3, -0.25) is 19.4 Å². The second-order valence-corrected chi connectivity index (χ2v) is 8.16. The Morgan fingerprint density at radius 1 is 1.25 bits per heavy atom. The fourth-order valence-electron chi connectivity index (χ4n) is 4.37. The van der Waals surface area contributed by atoms with Crippen LogP contribution in [0.5, 0.6) is 0 Å². The predicted molar refractivity (Wildman–Crippen MR) is 135 cm³/mol. The van der Waals surface area contributed by atoms with Crippen molar-refractivity contribution in [1.29, 1.82) is 0 Å². The SMILES string of the molecule is CCNC(=NCC(c1ccco1)N1CCCCC1)N1CCN(c2cnn(C)c2)C(=O)C1.I. The molecule has 2 aliphatic heterocycles. The quantitative estimate of drug-likeness (QED) is 0.335. The van der Waals surface area contributed by atoms with Gasteiger partial charge in [0, 0.05) is 32.9 Å². The Balaban J connectivity index is 0.00000289. The Morgan fingerprint density at radius 2 is 2.06 bits per heavy atom. The van der Waals surface area contributed by atoms with E-state index in [4.69, 9.17) is 9.41 Å². The average Bonchev–Trinajstić information content (AvgIpc) is 3.46. The van der Waals surface area contributed by atoms with Crippen LogP contribution in [0, 0.1) is 0 Å². The van der Waals surface area contributed by atoms with Crippen molar-refractivity contribution in [1.82, 2.24) is 24.9 Å². The summed E-state index contributed by atoms with van der Waals surface area (Å²) < 4.78 is 7.47. The van der Waals surface area contributed by atoms with Gasteiger partial charge in [-0.1, -0.05) is 6.42 Å². The van der Waals surface area contributed by atoms with E-state index in [1.807, 2.05) is 30.3 Å². The van der Waals surface area contributed by atoms with Crippen LogP contribution in [0.3, 0.4) is 0 Å².